The van der Waals surface area contributed by atoms with E-state index >= 15 is 0 Å². The summed E-state index contributed by atoms with van der Waals surface area (Å²) in [5.41, 5.74) is 0.232. The first kappa shape index (κ1) is 14.1. The van der Waals surface area contributed by atoms with Gasteiger partial charge in [-0.05, 0) is 37.3 Å². The summed E-state index contributed by atoms with van der Waals surface area (Å²) in [6, 6.07) is 6.60. The molecule has 2 aromatic rings. The number of aliphatic carboxylic acids is 1. The Labute approximate surface area is 122 Å². The third-order valence-electron chi connectivity index (χ3n) is 4.73. The molecule has 4 heteroatoms. The lowest BCUT2D eigenvalue weighted by atomic mass is 9.72. The number of furan rings is 1. The van der Waals surface area contributed by atoms with E-state index in [1.54, 1.807) is 18.2 Å². The van der Waals surface area contributed by atoms with E-state index in [1.165, 1.54) is 6.07 Å². The van der Waals surface area contributed by atoms with Crippen molar-refractivity contribution >= 4 is 16.9 Å². The number of benzene rings is 1. The molecule has 1 aromatic heterocycles. The van der Waals surface area contributed by atoms with Crippen molar-refractivity contribution in [2.24, 2.45) is 11.8 Å². The van der Waals surface area contributed by atoms with E-state index in [1.807, 2.05) is 0 Å². The average molecular weight is 290 g/mol. The van der Waals surface area contributed by atoms with E-state index in [0.717, 1.165) is 19.3 Å². The van der Waals surface area contributed by atoms with Crippen molar-refractivity contribution in [3.8, 4) is 0 Å². The lowest BCUT2D eigenvalue weighted by molar-refractivity contribution is -0.144. The maximum atomic E-state index is 13.8. The fourth-order valence-corrected chi connectivity index (χ4v) is 3.47. The van der Waals surface area contributed by atoms with Crippen LogP contribution in [0.1, 0.15) is 44.3 Å². The van der Waals surface area contributed by atoms with Gasteiger partial charge in [0, 0.05) is 11.3 Å². The van der Waals surface area contributed by atoms with Crippen LogP contribution in [0.25, 0.3) is 11.0 Å². The van der Waals surface area contributed by atoms with E-state index in [9.17, 15) is 14.3 Å². The predicted octanol–water partition coefficient (Wildman–Crippen LogP) is 4.57. The minimum absolute atomic E-state index is 0.159. The molecule has 112 valence electrons. The molecule has 3 atom stereocenters. The lowest BCUT2D eigenvalue weighted by Gasteiger charge is -2.32. The summed E-state index contributed by atoms with van der Waals surface area (Å²) in [6.45, 7) is 2.13. The smallest absolute Gasteiger partial charge is 0.307 e. The first-order chi connectivity index (χ1) is 10.1. The number of carbonyl (C=O) groups is 1. The molecule has 1 N–H and O–H groups in total. The molecule has 1 saturated carbocycles. The second-order valence-corrected chi connectivity index (χ2v) is 5.95. The molecule has 0 aliphatic heterocycles. The molecule has 3 rings (SSSR count). The van der Waals surface area contributed by atoms with Gasteiger partial charge in [0.15, 0.2) is 11.4 Å². The second kappa shape index (κ2) is 5.51. The average Bonchev–Trinajstić information content (AvgIpc) is 2.92. The number of para-hydroxylation sites is 1. The predicted molar refractivity (Wildman–Crippen MR) is 77.7 cm³/mol. The SMILES string of the molecule is CCC1CCC(C(=O)O)C(c2cc3cccc(F)c3o2)C1. The van der Waals surface area contributed by atoms with Crippen LogP contribution in [0.3, 0.4) is 0 Å². The van der Waals surface area contributed by atoms with Gasteiger partial charge in [0.05, 0.1) is 5.92 Å². The summed E-state index contributed by atoms with van der Waals surface area (Å²) in [7, 11) is 0. The maximum absolute atomic E-state index is 13.8. The van der Waals surface area contributed by atoms with Gasteiger partial charge in [0.2, 0.25) is 0 Å². The zero-order valence-electron chi connectivity index (χ0n) is 12.0. The molecule has 1 aromatic carbocycles. The molecule has 3 nitrogen and oxygen atoms in total. The van der Waals surface area contributed by atoms with Crippen molar-refractivity contribution in [3.05, 3.63) is 35.8 Å². The molecule has 0 radical (unpaired) electrons. The summed E-state index contributed by atoms with van der Waals surface area (Å²) in [5, 5.41) is 10.1. The number of hydrogen-bond donors (Lipinski definition) is 1. The largest absolute Gasteiger partial charge is 0.481 e. The fourth-order valence-electron chi connectivity index (χ4n) is 3.47. The minimum Gasteiger partial charge on any atom is -0.481 e. The molecule has 1 heterocycles. The third kappa shape index (κ3) is 2.55. The summed E-state index contributed by atoms with van der Waals surface area (Å²) in [4.78, 5) is 11.5. The van der Waals surface area contributed by atoms with Crippen LogP contribution in [0.4, 0.5) is 4.39 Å². The number of carboxylic acid groups (broad SMARTS) is 1. The van der Waals surface area contributed by atoms with Gasteiger partial charge < -0.3 is 9.52 Å². The normalized spacial score (nSPS) is 26.1. The Morgan fingerprint density at radius 1 is 1.43 bits per heavy atom. The van der Waals surface area contributed by atoms with Crippen LogP contribution in [0.15, 0.2) is 28.7 Å². The van der Waals surface area contributed by atoms with E-state index in [2.05, 4.69) is 6.92 Å². The third-order valence-corrected chi connectivity index (χ3v) is 4.73. The molecule has 21 heavy (non-hydrogen) atoms. The van der Waals surface area contributed by atoms with Crippen molar-refractivity contribution in [1.29, 1.82) is 0 Å². The molecule has 1 aliphatic rings. The monoisotopic (exact) mass is 290 g/mol. The number of hydrogen-bond acceptors (Lipinski definition) is 2. The highest BCUT2D eigenvalue weighted by Gasteiger charge is 2.37. The Morgan fingerprint density at radius 2 is 2.24 bits per heavy atom. The van der Waals surface area contributed by atoms with Crippen molar-refractivity contribution < 1.29 is 18.7 Å². The fraction of sp³-hybridized carbons (Fsp3) is 0.471. The van der Waals surface area contributed by atoms with Crippen LogP contribution < -0.4 is 0 Å². The zero-order chi connectivity index (χ0) is 15.0. The number of carboxylic acids is 1. The molecule has 1 aliphatic carbocycles. The maximum Gasteiger partial charge on any atom is 0.307 e. The Morgan fingerprint density at radius 3 is 2.90 bits per heavy atom. The number of rotatable bonds is 3. The van der Waals surface area contributed by atoms with Crippen molar-refractivity contribution in [2.75, 3.05) is 0 Å². The Hall–Kier alpha value is -1.84. The first-order valence-electron chi connectivity index (χ1n) is 7.51. The molecule has 0 spiro atoms. The highest BCUT2D eigenvalue weighted by molar-refractivity contribution is 5.79. The highest BCUT2D eigenvalue weighted by Crippen LogP contribution is 2.43. The van der Waals surface area contributed by atoms with E-state index in [-0.39, 0.29) is 11.5 Å². The van der Waals surface area contributed by atoms with Crippen LogP contribution in [0.2, 0.25) is 0 Å². The number of fused-ring (bicyclic) bond motifs is 1. The van der Waals surface area contributed by atoms with Crippen LogP contribution in [0.5, 0.6) is 0 Å². The van der Waals surface area contributed by atoms with Gasteiger partial charge >= 0.3 is 5.97 Å². The summed E-state index contributed by atoms with van der Waals surface area (Å²) >= 11 is 0. The molecular weight excluding hydrogens is 271 g/mol. The quantitative estimate of drug-likeness (QED) is 0.901. The summed E-state index contributed by atoms with van der Waals surface area (Å²) in [5.74, 6) is -0.641. The minimum atomic E-state index is -0.782. The van der Waals surface area contributed by atoms with Gasteiger partial charge in [-0.3, -0.25) is 4.79 Å². The zero-order valence-corrected chi connectivity index (χ0v) is 12.0. The lowest BCUT2D eigenvalue weighted by Crippen LogP contribution is -2.28. The van der Waals surface area contributed by atoms with E-state index in [0.29, 0.717) is 23.5 Å². The Balaban J connectivity index is 2.00. The first-order valence-corrected chi connectivity index (χ1v) is 7.51. The topological polar surface area (TPSA) is 50.4 Å². The van der Waals surface area contributed by atoms with Crippen molar-refractivity contribution in [3.63, 3.8) is 0 Å². The van der Waals surface area contributed by atoms with Gasteiger partial charge in [-0.25, -0.2) is 4.39 Å². The molecule has 0 amide bonds. The Bertz CT molecular complexity index is 661. The molecule has 3 unspecified atom stereocenters. The van der Waals surface area contributed by atoms with Crippen molar-refractivity contribution in [2.45, 2.75) is 38.5 Å². The molecular formula is C17H19FO3. The van der Waals surface area contributed by atoms with Gasteiger partial charge in [-0.2, -0.15) is 0 Å². The van der Waals surface area contributed by atoms with Gasteiger partial charge in [-0.1, -0.05) is 25.5 Å². The molecule has 0 bridgehead atoms. The Kier molecular flexibility index (Phi) is 3.70. The van der Waals surface area contributed by atoms with E-state index < -0.39 is 17.7 Å². The van der Waals surface area contributed by atoms with Crippen LogP contribution in [0, 0.1) is 17.7 Å². The second-order valence-electron chi connectivity index (χ2n) is 5.95. The standard InChI is InChI=1S/C17H19FO3/c1-2-10-6-7-12(17(19)20)13(8-10)15-9-11-4-3-5-14(18)16(11)21-15/h3-5,9-10,12-13H,2,6-8H2,1H3,(H,19,20). The van der Waals surface area contributed by atoms with Crippen molar-refractivity contribution in [1.82, 2.24) is 0 Å². The van der Waals surface area contributed by atoms with Crippen LogP contribution in [-0.2, 0) is 4.79 Å². The summed E-state index contributed by atoms with van der Waals surface area (Å²) in [6.07, 6.45) is 3.45. The van der Waals surface area contributed by atoms with Gasteiger partial charge in [0.25, 0.3) is 0 Å². The van der Waals surface area contributed by atoms with Crippen LogP contribution in [-0.4, -0.2) is 11.1 Å². The highest BCUT2D eigenvalue weighted by atomic mass is 19.1. The van der Waals surface area contributed by atoms with Crippen LogP contribution >= 0.6 is 0 Å². The number of halogens is 1. The molecule has 0 saturated heterocycles. The summed E-state index contributed by atoms with van der Waals surface area (Å²) < 4.78 is 19.4. The van der Waals surface area contributed by atoms with Gasteiger partial charge in [-0.15, -0.1) is 0 Å². The van der Waals surface area contributed by atoms with E-state index in [4.69, 9.17) is 4.42 Å². The van der Waals surface area contributed by atoms with Gasteiger partial charge in [0.1, 0.15) is 5.76 Å². The molecule has 1 fully saturated rings.